The highest BCUT2D eigenvalue weighted by Crippen LogP contribution is 2.20. The smallest absolute Gasteiger partial charge is 0.243 e. The third kappa shape index (κ3) is 6.40. The maximum absolute atomic E-state index is 12.2. The number of carbonyl (C=O) groups excluding carboxylic acids is 2. The van der Waals surface area contributed by atoms with Crippen LogP contribution in [-0.4, -0.2) is 36.9 Å². The fourth-order valence-electron chi connectivity index (χ4n) is 2.51. The van der Waals surface area contributed by atoms with Crippen molar-refractivity contribution in [2.75, 3.05) is 25.5 Å². The number of nitrogens with zero attached hydrogens (tertiary/aromatic N) is 1. The topological polar surface area (TPSA) is 58.6 Å². The average molecular weight is 433 g/mol. The van der Waals surface area contributed by atoms with Crippen LogP contribution in [0.15, 0.2) is 40.9 Å². The summed E-state index contributed by atoms with van der Waals surface area (Å²) in [5.41, 5.74) is 4.04. The Bertz CT molecular complexity index is 836. The van der Waals surface area contributed by atoms with Crippen molar-refractivity contribution in [3.63, 3.8) is 0 Å². The predicted molar refractivity (Wildman–Crippen MR) is 111 cm³/mol. The zero-order chi connectivity index (χ0) is 20.0. The Morgan fingerprint density at radius 1 is 1.04 bits per heavy atom. The van der Waals surface area contributed by atoms with Gasteiger partial charge in [-0.1, -0.05) is 22.0 Å². The van der Waals surface area contributed by atoms with E-state index in [1.165, 1.54) is 10.5 Å². The third-order valence-electron chi connectivity index (χ3n) is 4.33. The summed E-state index contributed by atoms with van der Waals surface area (Å²) >= 11 is 3.39. The van der Waals surface area contributed by atoms with Gasteiger partial charge >= 0.3 is 0 Å². The van der Waals surface area contributed by atoms with Gasteiger partial charge in [-0.05, 0) is 67.8 Å². The molecule has 5 nitrogen and oxygen atoms in total. The Hall–Kier alpha value is -2.34. The molecular weight excluding hydrogens is 408 g/mol. The lowest BCUT2D eigenvalue weighted by Crippen LogP contribution is -2.35. The molecular formula is C21H25BrN2O3. The number of hydrogen-bond acceptors (Lipinski definition) is 3. The van der Waals surface area contributed by atoms with Crippen molar-refractivity contribution in [2.24, 2.45) is 0 Å². The highest BCUT2D eigenvalue weighted by molar-refractivity contribution is 9.10. The number of nitrogens with one attached hydrogen (secondary N) is 1. The first-order chi connectivity index (χ1) is 12.8. The largest absolute Gasteiger partial charge is 0.493 e. The van der Waals surface area contributed by atoms with Crippen molar-refractivity contribution in [2.45, 2.75) is 27.2 Å². The summed E-state index contributed by atoms with van der Waals surface area (Å²) in [5, 5.41) is 2.83. The van der Waals surface area contributed by atoms with Crippen molar-refractivity contribution in [1.82, 2.24) is 4.90 Å². The summed E-state index contributed by atoms with van der Waals surface area (Å²) in [5.74, 6) is 0.380. The van der Waals surface area contributed by atoms with E-state index in [1.807, 2.05) is 57.2 Å². The second-order valence-corrected chi connectivity index (χ2v) is 7.52. The van der Waals surface area contributed by atoms with E-state index in [-0.39, 0.29) is 31.4 Å². The van der Waals surface area contributed by atoms with Crippen molar-refractivity contribution in [1.29, 1.82) is 0 Å². The molecule has 2 aromatic carbocycles. The van der Waals surface area contributed by atoms with E-state index in [0.717, 1.165) is 27.0 Å². The number of benzene rings is 2. The van der Waals surface area contributed by atoms with Crippen LogP contribution in [0.4, 0.5) is 5.69 Å². The van der Waals surface area contributed by atoms with Gasteiger partial charge in [0.05, 0.1) is 19.6 Å². The Kier molecular flexibility index (Phi) is 7.42. The highest BCUT2D eigenvalue weighted by atomic mass is 79.9. The van der Waals surface area contributed by atoms with Gasteiger partial charge in [0, 0.05) is 17.2 Å². The Morgan fingerprint density at radius 3 is 2.44 bits per heavy atom. The molecule has 0 bridgehead atoms. The van der Waals surface area contributed by atoms with Crippen LogP contribution in [0, 0.1) is 20.8 Å². The van der Waals surface area contributed by atoms with Crippen LogP contribution in [0.5, 0.6) is 5.75 Å². The normalized spacial score (nSPS) is 10.4. The van der Waals surface area contributed by atoms with Crippen LogP contribution in [0.3, 0.4) is 0 Å². The van der Waals surface area contributed by atoms with Crippen LogP contribution < -0.4 is 10.1 Å². The molecule has 0 aromatic heterocycles. The number of anilines is 1. The minimum absolute atomic E-state index is 0.00201. The Balaban J connectivity index is 1.78. The first-order valence-corrected chi connectivity index (χ1v) is 9.55. The lowest BCUT2D eigenvalue weighted by molar-refractivity contribution is -0.133. The number of ether oxygens (including phenoxy) is 1. The third-order valence-corrected chi connectivity index (χ3v) is 4.83. The molecule has 0 saturated carbocycles. The Morgan fingerprint density at radius 2 is 1.78 bits per heavy atom. The minimum atomic E-state index is -0.230. The maximum Gasteiger partial charge on any atom is 0.243 e. The molecule has 0 aliphatic rings. The number of likely N-dealkylation sites (N-methyl/N-ethyl adjacent to an activating group) is 1. The van der Waals surface area contributed by atoms with Gasteiger partial charge in [0.1, 0.15) is 5.75 Å². The molecule has 0 unspecified atom stereocenters. The summed E-state index contributed by atoms with van der Waals surface area (Å²) < 4.78 is 6.59. The van der Waals surface area contributed by atoms with Crippen LogP contribution >= 0.6 is 15.9 Å². The number of rotatable bonds is 7. The lowest BCUT2D eigenvalue weighted by atomic mass is 10.1. The molecule has 144 valence electrons. The summed E-state index contributed by atoms with van der Waals surface area (Å²) in [4.78, 5) is 25.8. The molecule has 27 heavy (non-hydrogen) atoms. The van der Waals surface area contributed by atoms with Crippen molar-refractivity contribution in [3.05, 3.63) is 57.6 Å². The highest BCUT2D eigenvalue weighted by Gasteiger charge is 2.14. The molecule has 0 atom stereocenters. The molecule has 0 heterocycles. The fourth-order valence-corrected chi connectivity index (χ4v) is 2.99. The first kappa shape index (κ1) is 21.0. The quantitative estimate of drug-likeness (QED) is 0.711. The maximum atomic E-state index is 12.2. The molecule has 6 heteroatoms. The van der Waals surface area contributed by atoms with Crippen LogP contribution in [-0.2, 0) is 9.59 Å². The van der Waals surface area contributed by atoms with E-state index in [4.69, 9.17) is 4.74 Å². The summed E-state index contributed by atoms with van der Waals surface area (Å²) in [6.45, 7) is 6.25. The van der Waals surface area contributed by atoms with Gasteiger partial charge in [-0.2, -0.15) is 0 Å². The SMILES string of the molecule is Cc1ccc(OCCC(=O)N(C)CC(=O)Nc2ccc(Br)cc2C)cc1C. The van der Waals surface area contributed by atoms with Gasteiger partial charge < -0.3 is 15.0 Å². The zero-order valence-electron chi connectivity index (χ0n) is 16.1. The molecule has 0 saturated heterocycles. The van der Waals surface area contributed by atoms with E-state index in [2.05, 4.69) is 21.2 Å². The van der Waals surface area contributed by atoms with Crippen LogP contribution in [0.1, 0.15) is 23.1 Å². The second kappa shape index (κ2) is 9.55. The number of hydrogen-bond donors (Lipinski definition) is 1. The Labute approximate surface area is 168 Å². The van der Waals surface area contributed by atoms with Crippen molar-refractivity contribution in [3.8, 4) is 5.75 Å². The van der Waals surface area contributed by atoms with E-state index in [1.54, 1.807) is 7.05 Å². The van der Waals surface area contributed by atoms with Gasteiger partial charge in [-0.3, -0.25) is 9.59 Å². The van der Waals surface area contributed by atoms with Gasteiger partial charge in [-0.25, -0.2) is 0 Å². The van der Waals surface area contributed by atoms with Gasteiger partial charge in [0.15, 0.2) is 0 Å². The molecule has 0 radical (unpaired) electrons. The molecule has 2 amide bonds. The lowest BCUT2D eigenvalue weighted by Gasteiger charge is -2.17. The van der Waals surface area contributed by atoms with E-state index >= 15 is 0 Å². The van der Waals surface area contributed by atoms with E-state index in [0.29, 0.717) is 0 Å². The second-order valence-electron chi connectivity index (χ2n) is 6.60. The van der Waals surface area contributed by atoms with Gasteiger partial charge in [0.25, 0.3) is 0 Å². The molecule has 2 aromatic rings. The molecule has 1 N–H and O–H groups in total. The molecule has 0 fully saturated rings. The summed E-state index contributed by atoms with van der Waals surface area (Å²) in [7, 11) is 1.62. The van der Waals surface area contributed by atoms with E-state index < -0.39 is 0 Å². The summed E-state index contributed by atoms with van der Waals surface area (Å²) in [6, 6.07) is 11.5. The van der Waals surface area contributed by atoms with Crippen LogP contribution in [0.2, 0.25) is 0 Å². The number of aryl methyl sites for hydroxylation is 3. The molecule has 2 rings (SSSR count). The standard InChI is InChI=1S/C21H25BrN2O3/c1-14-5-7-18(12-15(14)2)27-10-9-21(26)24(4)13-20(25)23-19-8-6-17(22)11-16(19)3/h5-8,11-12H,9-10,13H2,1-4H3,(H,23,25). The molecule has 0 aliphatic heterocycles. The van der Waals surface area contributed by atoms with Crippen molar-refractivity contribution < 1.29 is 14.3 Å². The number of halogens is 1. The van der Waals surface area contributed by atoms with Gasteiger partial charge in [0.2, 0.25) is 11.8 Å². The predicted octanol–water partition coefficient (Wildman–Crippen LogP) is 4.24. The zero-order valence-corrected chi connectivity index (χ0v) is 17.7. The number of amides is 2. The first-order valence-electron chi connectivity index (χ1n) is 8.76. The van der Waals surface area contributed by atoms with Crippen molar-refractivity contribution >= 4 is 33.4 Å². The van der Waals surface area contributed by atoms with Crippen LogP contribution in [0.25, 0.3) is 0 Å². The van der Waals surface area contributed by atoms with Gasteiger partial charge in [-0.15, -0.1) is 0 Å². The monoisotopic (exact) mass is 432 g/mol. The summed E-state index contributed by atoms with van der Waals surface area (Å²) in [6.07, 6.45) is 0.216. The fraction of sp³-hybridized carbons (Fsp3) is 0.333. The average Bonchev–Trinajstić information content (AvgIpc) is 2.60. The number of carbonyl (C=O) groups is 2. The van der Waals surface area contributed by atoms with E-state index in [9.17, 15) is 9.59 Å². The molecule has 0 aliphatic carbocycles. The minimum Gasteiger partial charge on any atom is -0.493 e. The molecule has 0 spiro atoms.